The fourth-order valence-electron chi connectivity index (χ4n) is 3.71. The molecule has 3 aromatic rings. The maximum Gasteiger partial charge on any atom is 0.256 e. The van der Waals surface area contributed by atoms with Crippen LogP contribution in [0.2, 0.25) is 10.0 Å². The Balaban J connectivity index is 1.74. The Morgan fingerprint density at radius 3 is 2.79 bits per heavy atom. The van der Waals surface area contributed by atoms with Gasteiger partial charge in [0, 0.05) is 28.6 Å². The van der Waals surface area contributed by atoms with Gasteiger partial charge >= 0.3 is 0 Å². The summed E-state index contributed by atoms with van der Waals surface area (Å²) in [5.41, 5.74) is 2.55. The van der Waals surface area contributed by atoms with Crippen LogP contribution in [0.15, 0.2) is 27.6 Å². The maximum atomic E-state index is 13.3. The predicted octanol–water partition coefficient (Wildman–Crippen LogP) is 4.72. The predicted molar refractivity (Wildman–Crippen MR) is 112 cm³/mol. The first-order chi connectivity index (χ1) is 13.8. The Bertz CT molecular complexity index is 1180. The molecule has 1 aliphatic heterocycles. The van der Waals surface area contributed by atoms with Crippen LogP contribution in [0.3, 0.4) is 0 Å². The van der Waals surface area contributed by atoms with E-state index in [2.05, 4.69) is 4.98 Å². The van der Waals surface area contributed by atoms with Crippen molar-refractivity contribution in [3.8, 4) is 5.75 Å². The molecule has 0 saturated heterocycles. The van der Waals surface area contributed by atoms with Gasteiger partial charge in [-0.1, -0.05) is 23.2 Å². The lowest BCUT2D eigenvalue weighted by atomic mass is 9.97. The molecule has 0 unspecified atom stereocenters. The van der Waals surface area contributed by atoms with Gasteiger partial charge < -0.3 is 19.0 Å². The number of H-pyrrole nitrogens is 1. The van der Waals surface area contributed by atoms with Crippen LogP contribution < -0.4 is 10.3 Å². The Morgan fingerprint density at radius 1 is 1.31 bits per heavy atom. The molecule has 0 bridgehead atoms. The molecule has 0 atom stereocenters. The third kappa shape index (κ3) is 3.40. The minimum atomic E-state index is -0.274. The molecule has 1 amide bonds. The summed E-state index contributed by atoms with van der Waals surface area (Å²) < 4.78 is 11.2. The van der Waals surface area contributed by atoms with Crippen molar-refractivity contribution >= 4 is 40.1 Å². The number of pyridine rings is 1. The summed E-state index contributed by atoms with van der Waals surface area (Å²) in [5, 5.41) is 1.41. The Labute approximate surface area is 177 Å². The van der Waals surface area contributed by atoms with Crippen molar-refractivity contribution in [1.82, 2.24) is 9.88 Å². The average Bonchev–Trinajstić information content (AvgIpc) is 3.14. The lowest BCUT2D eigenvalue weighted by molar-refractivity contribution is 0.0726. The van der Waals surface area contributed by atoms with Gasteiger partial charge in [0.05, 0.1) is 35.2 Å². The van der Waals surface area contributed by atoms with Crippen LogP contribution in [-0.2, 0) is 13.0 Å². The lowest BCUT2D eigenvalue weighted by Crippen LogP contribution is -2.39. The minimum absolute atomic E-state index is 0.114. The third-order valence-corrected chi connectivity index (χ3v) is 5.75. The number of aromatic amines is 1. The first-order valence-electron chi connectivity index (χ1n) is 9.33. The van der Waals surface area contributed by atoms with E-state index in [4.69, 9.17) is 32.4 Å². The van der Waals surface area contributed by atoms with Crippen LogP contribution in [0.4, 0.5) is 0 Å². The van der Waals surface area contributed by atoms with Gasteiger partial charge in [0.15, 0.2) is 5.58 Å². The van der Waals surface area contributed by atoms with E-state index >= 15 is 0 Å². The van der Waals surface area contributed by atoms with E-state index in [1.54, 1.807) is 24.0 Å². The fraction of sp³-hybridized carbons (Fsp3) is 0.333. The standard InChI is InChI=1S/C21H20Cl2N2O4/c1-10(2)29-16-8-15(22)13-4-6-25(21(27)17(13)18(16)23)9-14-12-5-7-28-19(12)11(3)24-20(14)26/h5,7-8,10H,4,6,9H2,1-3H3,(H,24,26). The third-order valence-electron chi connectivity index (χ3n) is 5.03. The average molecular weight is 435 g/mol. The SMILES string of the molecule is Cc1[nH]c(=O)c(CN2CCc3c(Cl)cc(OC(C)C)c(Cl)c3C2=O)c2ccoc12. The first kappa shape index (κ1) is 19.9. The maximum absolute atomic E-state index is 13.3. The second kappa shape index (κ2) is 7.43. The van der Waals surface area contributed by atoms with Crippen molar-refractivity contribution in [2.45, 2.75) is 39.8 Å². The number of aryl methyl sites for hydroxylation is 1. The number of ether oxygens (including phenoxy) is 1. The molecule has 0 radical (unpaired) electrons. The molecule has 2 aromatic heterocycles. The van der Waals surface area contributed by atoms with Crippen LogP contribution in [0.1, 0.15) is 41.0 Å². The molecule has 8 heteroatoms. The molecular weight excluding hydrogens is 415 g/mol. The van der Waals surface area contributed by atoms with E-state index in [0.717, 1.165) is 0 Å². The van der Waals surface area contributed by atoms with Crippen molar-refractivity contribution in [2.75, 3.05) is 6.54 Å². The van der Waals surface area contributed by atoms with Crippen LogP contribution in [-0.4, -0.2) is 28.4 Å². The van der Waals surface area contributed by atoms with Gasteiger partial charge in [-0.05, 0) is 38.8 Å². The molecule has 0 spiro atoms. The molecule has 0 saturated carbocycles. The van der Waals surface area contributed by atoms with E-state index in [1.165, 1.54) is 6.26 Å². The van der Waals surface area contributed by atoms with E-state index < -0.39 is 0 Å². The van der Waals surface area contributed by atoms with Gasteiger partial charge in [0.25, 0.3) is 11.5 Å². The van der Waals surface area contributed by atoms with Crippen molar-refractivity contribution in [3.05, 3.63) is 61.2 Å². The summed E-state index contributed by atoms with van der Waals surface area (Å²) in [7, 11) is 0. The Morgan fingerprint density at radius 2 is 2.07 bits per heavy atom. The van der Waals surface area contributed by atoms with Crippen LogP contribution in [0, 0.1) is 6.92 Å². The monoisotopic (exact) mass is 434 g/mol. The van der Waals surface area contributed by atoms with E-state index in [9.17, 15) is 9.59 Å². The molecule has 3 heterocycles. The summed E-state index contributed by atoms with van der Waals surface area (Å²) in [6.45, 7) is 6.10. The molecule has 4 rings (SSSR count). The molecule has 0 fully saturated rings. The van der Waals surface area contributed by atoms with Crippen molar-refractivity contribution < 1.29 is 13.9 Å². The Hall–Kier alpha value is -2.44. The number of aromatic nitrogens is 1. The van der Waals surface area contributed by atoms with E-state index in [0.29, 0.717) is 57.1 Å². The topological polar surface area (TPSA) is 75.5 Å². The number of rotatable bonds is 4. The van der Waals surface area contributed by atoms with Crippen LogP contribution >= 0.6 is 23.2 Å². The number of nitrogens with zero attached hydrogens (tertiary/aromatic N) is 1. The summed E-state index contributed by atoms with van der Waals surface area (Å²) >= 11 is 12.9. The van der Waals surface area contributed by atoms with E-state index in [1.807, 2.05) is 13.8 Å². The van der Waals surface area contributed by atoms with Gasteiger partial charge in [0.1, 0.15) is 5.75 Å². The summed E-state index contributed by atoms with van der Waals surface area (Å²) in [6, 6.07) is 3.40. The summed E-state index contributed by atoms with van der Waals surface area (Å²) in [4.78, 5) is 30.2. The van der Waals surface area contributed by atoms with Crippen molar-refractivity contribution in [3.63, 3.8) is 0 Å². The number of fused-ring (bicyclic) bond motifs is 2. The van der Waals surface area contributed by atoms with Gasteiger partial charge in [-0.2, -0.15) is 0 Å². The normalized spacial score (nSPS) is 14.0. The lowest BCUT2D eigenvalue weighted by Gasteiger charge is -2.30. The van der Waals surface area contributed by atoms with E-state index in [-0.39, 0.29) is 29.1 Å². The quantitative estimate of drug-likeness (QED) is 0.644. The van der Waals surface area contributed by atoms with Gasteiger partial charge in [-0.15, -0.1) is 0 Å². The molecular formula is C21H20Cl2N2O4. The second-order valence-corrected chi connectivity index (χ2v) is 8.17. The van der Waals surface area contributed by atoms with Crippen molar-refractivity contribution in [2.24, 2.45) is 0 Å². The minimum Gasteiger partial charge on any atom is -0.489 e. The van der Waals surface area contributed by atoms with Gasteiger partial charge in [-0.3, -0.25) is 9.59 Å². The van der Waals surface area contributed by atoms with Gasteiger partial charge in [0.2, 0.25) is 0 Å². The van der Waals surface area contributed by atoms with Crippen LogP contribution in [0.25, 0.3) is 11.0 Å². The first-order valence-corrected chi connectivity index (χ1v) is 10.1. The van der Waals surface area contributed by atoms with Gasteiger partial charge in [-0.25, -0.2) is 0 Å². The highest BCUT2D eigenvalue weighted by Gasteiger charge is 2.31. The molecule has 1 aliphatic rings. The molecule has 152 valence electrons. The molecule has 0 aliphatic carbocycles. The number of hydrogen-bond donors (Lipinski definition) is 1. The van der Waals surface area contributed by atoms with Crippen LogP contribution in [0.5, 0.6) is 5.75 Å². The number of halogens is 2. The smallest absolute Gasteiger partial charge is 0.256 e. The molecule has 6 nitrogen and oxygen atoms in total. The highest BCUT2D eigenvalue weighted by molar-refractivity contribution is 6.38. The largest absolute Gasteiger partial charge is 0.489 e. The summed E-state index contributed by atoms with van der Waals surface area (Å²) in [6.07, 6.45) is 1.96. The number of nitrogens with one attached hydrogen (secondary N) is 1. The van der Waals surface area contributed by atoms with Crippen molar-refractivity contribution in [1.29, 1.82) is 0 Å². The highest BCUT2D eigenvalue weighted by atomic mass is 35.5. The molecule has 1 aromatic carbocycles. The highest BCUT2D eigenvalue weighted by Crippen LogP contribution is 2.39. The molecule has 1 N–H and O–H groups in total. The second-order valence-electron chi connectivity index (χ2n) is 7.39. The number of hydrogen-bond acceptors (Lipinski definition) is 4. The number of amides is 1. The number of carbonyl (C=O) groups excluding carboxylic acids is 1. The summed E-state index contributed by atoms with van der Waals surface area (Å²) in [5.74, 6) is 0.106. The fourth-order valence-corrected chi connectivity index (χ4v) is 4.30. The molecule has 29 heavy (non-hydrogen) atoms. The zero-order valence-corrected chi connectivity index (χ0v) is 17.8. The zero-order chi connectivity index (χ0) is 20.9. The number of carbonyl (C=O) groups is 1. The zero-order valence-electron chi connectivity index (χ0n) is 16.3. The number of benzene rings is 1. The Kier molecular flexibility index (Phi) is 5.09. The number of furan rings is 1.